The summed E-state index contributed by atoms with van der Waals surface area (Å²) in [6.45, 7) is 1.28. The summed E-state index contributed by atoms with van der Waals surface area (Å²) in [6.07, 6.45) is 3.89. The van der Waals surface area contributed by atoms with E-state index in [0.717, 1.165) is 30.9 Å². The van der Waals surface area contributed by atoms with Crippen molar-refractivity contribution >= 4 is 23.5 Å². The Morgan fingerprint density at radius 3 is 2.69 bits per heavy atom. The van der Waals surface area contributed by atoms with Crippen molar-refractivity contribution in [1.29, 1.82) is 0 Å². The molecule has 0 spiro atoms. The minimum absolute atomic E-state index is 0.0570. The zero-order valence-corrected chi connectivity index (χ0v) is 15.7. The van der Waals surface area contributed by atoms with Crippen molar-refractivity contribution in [2.24, 2.45) is 5.92 Å². The lowest BCUT2D eigenvalue weighted by molar-refractivity contribution is -0.132. The molecule has 1 saturated heterocycles. The Hall–Kier alpha value is -2.14. The van der Waals surface area contributed by atoms with Gasteiger partial charge in [0.25, 0.3) is 0 Å². The zero-order chi connectivity index (χ0) is 18.2. The minimum Gasteiger partial charge on any atom is -0.342 e. The number of thioether (sulfide) groups is 1. The molecule has 0 aliphatic carbocycles. The topological polar surface area (TPSA) is 50.3 Å². The first-order valence-corrected chi connectivity index (χ1v) is 10.2. The van der Waals surface area contributed by atoms with Gasteiger partial charge in [-0.3, -0.25) is 14.6 Å². The van der Waals surface area contributed by atoms with E-state index in [0.29, 0.717) is 18.7 Å². The summed E-state index contributed by atoms with van der Waals surface area (Å²) in [5.41, 5.74) is 1.79. The highest BCUT2D eigenvalue weighted by Crippen LogP contribution is 2.21. The van der Waals surface area contributed by atoms with Crippen LogP contribution in [0.25, 0.3) is 0 Å². The molecule has 1 aliphatic heterocycles. The summed E-state index contributed by atoms with van der Waals surface area (Å²) >= 11 is 1.78. The van der Waals surface area contributed by atoms with Gasteiger partial charge in [0.05, 0.1) is 0 Å². The largest absolute Gasteiger partial charge is 0.342 e. The van der Waals surface area contributed by atoms with E-state index in [-0.39, 0.29) is 17.6 Å². The normalized spacial score (nSPS) is 17.1. The van der Waals surface area contributed by atoms with Crippen molar-refractivity contribution in [2.75, 3.05) is 18.8 Å². The number of amides is 1. The smallest absolute Gasteiger partial charge is 0.223 e. The summed E-state index contributed by atoms with van der Waals surface area (Å²) in [7, 11) is 0. The third-order valence-corrected chi connectivity index (χ3v) is 5.66. The monoisotopic (exact) mass is 368 g/mol. The first-order valence-electron chi connectivity index (χ1n) is 9.09. The average Bonchev–Trinajstić information content (AvgIpc) is 2.72. The van der Waals surface area contributed by atoms with Crippen LogP contribution in [0.5, 0.6) is 0 Å². The predicted molar refractivity (Wildman–Crippen MR) is 105 cm³/mol. The number of pyridine rings is 1. The SMILES string of the molecule is O=C(c1ccccn1)[C@@H]1CCCN(C(=O)CCSCc2ccccc2)C1. The molecular formula is C21H24N2O2S. The van der Waals surface area contributed by atoms with Crippen LogP contribution in [0, 0.1) is 5.92 Å². The summed E-state index contributed by atoms with van der Waals surface area (Å²) in [4.78, 5) is 31.1. The van der Waals surface area contributed by atoms with Crippen LogP contribution >= 0.6 is 11.8 Å². The van der Waals surface area contributed by atoms with Gasteiger partial charge in [-0.25, -0.2) is 0 Å². The number of ketones is 1. The van der Waals surface area contributed by atoms with Crippen LogP contribution in [0.15, 0.2) is 54.7 Å². The van der Waals surface area contributed by atoms with Crippen LogP contribution in [-0.4, -0.2) is 40.4 Å². The highest BCUT2D eigenvalue weighted by atomic mass is 32.2. The Bertz CT molecular complexity index is 721. The van der Waals surface area contributed by atoms with Gasteiger partial charge in [0.1, 0.15) is 5.69 Å². The van der Waals surface area contributed by atoms with Crippen molar-refractivity contribution in [3.05, 3.63) is 66.0 Å². The molecule has 5 heteroatoms. The third-order valence-electron chi connectivity index (χ3n) is 4.63. The maximum Gasteiger partial charge on any atom is 0.223 e. The number of hydrogen-bond acceptors (Lipinski definition) is 4. The Labute approximate surface area is 159 Å². The number of aromatic nitrogens is 1. The summed E-state index contributed by atoms with van der Waals surface area (Å²) < 4.78 is 0. The van der Waals surface area contributed by atoms with Gasteiger partial charge in [-0.1, -0.05) is 36.4 Å². The maximum absolute atomic E-state index is 12.6. The first-order chi connectivity index (χ1) is 12.7. The number of carbonyl (C=O) groups is 2. The van der Waals surface area contributed by atoms with Gasteiger partial charge in [-0.2, -0.15) is 11.8 Å². The second kappa shape index (κ2) is 9.53. The highest BCUT2D eigenvalue weighted by molar-refractivity contribution is 7.98. The molecular weight excluding hydrogens is 344 g/mol. The lowest BCUT2D eigenvalue weighted by Gasteiger charge is -2.32. The molecule has 2 heterocycles. The van der Waals surface area contributed by atoms with Crippen LogP contribution in [0.2, 0.25) is 0 Å². The fraction of sp³-hybridized carbons (Fsp3) is 0.381. The standard InChI is InChI=1S/C21H24N2O2S/c24-20(11-14-26-16-17-7-2-1-3-8-17)23-13-6-9-18(15-23)21(25)19-10-4-5-12-22-19/h1-5,7-8,10,12,18H,6,9,11,13-16H2/t18-/m1/s1. The van der Waals surface area contributed by atoms with Crippen LogP contribution < -0.4 is 0 Å². The highest BCUT2D eigenvalue weighted by Gasteiger charge is 2.29. The van der Waals surface area contributed by atoms with Gasteiger partial charge in [-0.15, -0.1) is 0 Å². The number of piperidine rings is 1. The number of carbonyl (C=O) groups excluding carboxylic acids is 2. The first kappa shape index (κ1) is 18.6. The number of hydrogen-bond donors (Lipinski definition) is 0. The van der Waals surface area contributed by atoms with E-state index in [1.54, 1.807) is 30.1 Å². The summed E-state index contributed by atoms with van der Waals surface area (Å²) in [5.74, 6) is 1.82. The third kappa shape index (κ3) is 5.18. The lowest BCUT2D eigenvalue weighted by Crippen LogP contribution is -2.42. The Kier molecular flexibility index (Phi) is 6.83. The maximum atomic E-state index is 12.6. The van der Waals surface area contributed by atoms with Crippen LogP contribution in [-0.2, 0) is 10.5 Å². The van der Waals surface area contributed by atoms with Gasteiger partial charge < -0.3 is 4.90 Å². The quantitative estimate of drug-likeness (QED) is 0.551. The molecule has 1 fully saturated rings. The fourth-order valence-corrected chi connectivity index (χ4v) is 4.11. The molecule has 3 rings (SSSR count). The molecule has 1 aromatic carbocycles. The van der Waals surface area contributed by atoms with E-state index in [9.17, 15) is 9.59 Å². The average molecular weight is 369 g/mol. The van der Waals surface area contributed by atoms with Gasteiger partial charge in [0.15, 0.2) is 5.78 Å². The molecule has 0 radical (unpaired) electrons. The van der Waals surface area contributed by atoms with Crippen LogP contribution in [0.4, 0.5) is 0 Å². The van der Waals surface area contributed by atoms with Gasteiger partial charge in [-0.05, 0) is 30.5 Å². The van der Waals surface area contributed by atoms with E-state index in [2.05, 4.69) is 17.1 Å². The van der Waals surface area contributed by atoms with Gasteiger partial charge >= 0.3 is 0 Å². The summed E-state index contributed by atoms with van der Waals surface area (Å²) in [6, 6.07) is 15.7. The van der Waals surface area contributed by atoms with E-state index in [4.69, 9.17) is 0 Å². The van der Waals surface area contributed by atoms with E-state index >= 15 is 0 Å². The number of likely N-dealkylation sites (tertiary alicyclic amines) is 1. The van der Waals surface area contributed by atoms with Crippen molar-refractivity contribution in [3.8, 4) is 0 Å². The number of benzene rings is 1. The number of rotatable bonds is 7. The zero-order valence-electron chi connectivity index (χ0n) is 14.8. The van der Waals surface area contributed by atoms with E-state index in [1.165, 1.54) is 5.56 Å². The van der Waals surface area contributed by atoms with Gasteiger partial charge in [0, 0.05) is 43.1 Å². The molecule has 1 amide bonds. The van der Waals surface area contributed by atoms with Crippen molar-refractivity contribution in [1.82, 2.24) is 9.88 Å². The van der Waals surface area contributed by atoms with Crippen molar-refractivity contribution < 1.29 is 9.59 Å². The molecule has 1 atom stereocenters. The molecule has 1 aromatic heterocycles. The molecule has 4 nitrogen and oxygen atoms in total. The summed E-state index contributed by atoms with van der Waals surface area (Å²) in [5, 5.41) is 0. The number of Topliss-reactive ketones (excluding diaryl/α,β-unsaturated/α-hetero) is 1. The van der Waals surface area contributed by atoms with Crippen molar-refractivity contribution in [2.45, 2.75) is 25.0 Å². The number of nitrogens with zero attached hydrogens (tertiary/aromatic N) is 2. The second-order valence-electron chi connectivity index (χ2n) is 6.55. The lowest BCUT2D eigenvalue weighted by atomic mass is 9.92. The molecule has 136 valence electrons. The minimum atomic E-state index is -0.125. The van der Waals surface area contributed by atoms with E-state index < -0.39 is 0 Å². The van der Waals surface area contributed by atoms with Gasteiger partial charge in [0.2, 0.25) is 5.91 Å². The molecule has 1 aliphatic rings. The van der Waals surface area contributed by atoms with Crippen LogP contribution in [0.3, 0.4) is 0 Å². The molecule has 26 heavy (non-hydrogen) atoms. The van der Waals surface area contributed by atoms with E-state index in [1.807, 2.05) is 29.2 Å². The molecule has 0 saturated carbocycles. The Morgan fingerprint density at radius 1 is 1.12 bits per heavy atom. The molecule has 0 bridgehead atoms. The molecule has 0 unspecified atom stereocenters. The Morgan fingerprint density at radius 2 is 1.92 bits per heavy atom. The molecule has 2 aromatic rings. The fourth-order valence-electron chi connectivity index (χ4n) is 3.22. The Balaban J connectivity index is 1.45. The van der Waals surface area contributed by atoms with Crippen LogP contribution in [0.1, 0.15) is 35.3 Å². The van der Waals surface area contributed by atoms with Crippen molar-refractivity contribution in [3.63, 3.8) is 0 Å². The molecule has 0 N–H and O–H groups in total. The predicted octanol–water partition coefficient (Wildman–Crippen LogP) is 3.83. The second-order valence-corrected chi connectivity index (χ2v) is 7.65.